The van der Waals surface area contributed by atoms with Crippen molar-refractivity contribution in [2.75, 3.05) is 13.1 Å². The Hall–Kier alpha value is -2.64. The van der Waals surface area contributed by atoms with Gasteiger partial charge >= 0.3 is 5.97 Å². The quantitative estimate of drug-likeness (QED) is 0.918. The second-order valence-corrected chi connectivity index (χ2v) is 6.41. The summed E-state index contributed by atoms with van der Waals surface area (Å²) < 4.78 is 0. The summed E-state index contributed by atoms with van der Waals surface area (Å²) in [7, 11) is 0. The third-order valence-electron chi connectivity index (χ3n) is 4.53. The Bertz CT molecular complexity index is 779. The van der Waals surface area contributed by atoms with Gasteiger partial charge in [-0.05, 0) is 60.7 Å². The lowest BCUT2D eigenvalue weighted by Crippen LogP contribution is -2.20. The molecule has 0 amide bonds. The highest BCUT2D eigenvalue weighted by molar-refractivity contribution is 5.87. The van der Waals surface area contributed by atoms with E-state index >= 15 is 0 Å². The van der Waals surface area contributed by atoms with E-state index in [0.717, 1.165) is 38.0 Å². The van der Waals surface area contributed by atoms with Crippen LogP contribution in [0.1, 0.15) is 33.5 Å². The van der Waals surface area contributed by atoms with E-state index in [0.29, 0.717) is 17.0 Å². The Balaban J connectivity index is 1.58. The first-order valence-electron chi connectivity index (χ1n) is 8.17. The highest BCUT2D eigenvalue weighted by Gasteiger charge is 2.23. The van der Waals surface area contributed by atoms with Gasteiger partial charge in [0, 0.05) is 13.1 Å². The minimum absolute atomic E-state index is 0.357. The second-order valence-electron chi connectivity index (χ2n) is 6.41. The molecular weight excluding hydrogens is 300 g/mol. The molecule has 24 heavy (non-hydrogen) atoms. The molecule has 4 heteroatoms. The van der Waals surface area contributed by atoms with Crippen molar-refractivity contribution in [3.05, 3.63) is 70.8 Å². The van der Waals surface area contributed by atoms with Gasteiger partial charge in [-0.2, -0.15) is 5.26 Å². The van der Waals surface area contributed by atoms with E-state index < -0.39 is 5.97 Å². The molecule has 0 aromatic heterocycles. The average Bonchev–Trinajstić information content (AvgIpc) is 3.02. The molecule has 122 valence electrons. The van der Waals surface area contributed by atoms with E-state index in [9.17, 15) is 4.79 Å². The summed E-state index contributed by atoms with van der Waals surface area (Å²) in [5, 5.41) is 18.1. The van der Waals surface area contributed by atoms with Gasteiger partial charge in [-0.25, -0.2) is 4.79 Å². The first kappa shape index (κ1) is 16.2. The third-order valence-corrected chi connectivity index (χ3v) is 4.53. The molecule has 4 nitrogen and oxygen atoms in total. The Kier molecular flexibility index (Phi) is 4.93. The monoisotopic (exact) mass is 320 g/mol. The summed E-state index contributed by atoms with van der Waals surface area (Å²) in [6.07, 6.45) is 2.03. The van der Waals surface area contributed by atoms with Crippen LogP contribution in [0.25, 0.3) is 0 Å². The molecule has 1 aliphatic rings. The highest BCUT2D eigenvalue weighted by atomic mass is 16.4. The van der Waals surface area contributed by atoms with Crippen LogP contribution in [0.15, 0.2) is 48.5 Å². The van der Waals surface area contributed by atoms with Gasteiger partial charge in [0.25, 0.3) is 0 Å². The second kappa shape index (κ2) is 7.29. The number of aromatic carboxylic acids is 1. The number of hydrogen-bond donors (Lipinski definition) is 1. The lowest BCUT2D eigenvalue weighted by molar-refractivity contribution is 0.0696. The van der Waals surface area contributed by atoms with E-state index in [-0.39, 0.29) is 0 Å². The van der Waals surface area contributed by atoms with Crippen LogP contribution in [0.5, 0.6) is 0 Å². The first-order valence-corrected chi connectivity index (χ1v) is 8.17. The van der Waals surface area contributed by atoms with Crippen molar-refractivity contribution in [3.8, 4) is 6.07 Å². The Morgan fingerprint density at radius 3 is 2.79 bits per heavy atom. The molecule has 1 saturated heterocycles. The normalized spacial score (nSPS) is 17.5. The van der Waals surface area contributed by atoms with Crippen molar-refractivity contribution in [3.63, 3.8) is 0 Å². The van der Waals surface area contributed by atoms with Crippen LogP contribution >= 0.6 is 0 Å². The van der Waals surface area contributed by atoms with Gasteiger partial charge in [0.15, 0.2) is 0 Å². The zero-order valence-corrected chi connectivity index (χ0v) is 13.5. The van der Waals surface area contributed by atoms with Gasteiger partial charge in [0.05, 0.1) is 17.2 Å². The van der Waals surface area contributed by atoms with Crippen LogP contribution in [-0.2, 0) is 13.0 Å². The first-order chi connectivity index (χ1) is 11.6. The number of nitriles is 1. The van der Waals surface area contributed by atoms with E-state index in [1.807, 2.05) is 30.3 Å². The van der Waals surface area contributed by atoms with Crippen molar-refractivity contribution in [2.24, 2.45) is 5.92 Å². The lowest BCUT2D eigenvalue weighted by atomic mass is 9.97. The van der Waals surface area contributed by atoms with Gasteiger partial charge < -0.3 is 5.11 Å². The van der Waals surface area contributed by atoms with Gasteiger partial charge in [-0.1, -0.05) is 24.3 Å². The van der Waals surface area contributed by atoms with Crippen LogP contribution in [0.2, 0.25) is 0 Å². The number of hydrogen-bond acceptors (Lipinski definition) is 3. The lowest BCUT2D eigenvalue weighted by Gasteiger charge is -2.16. The zero-order valence-electron chi connectivity index (χ0n) is 13.5. The molecule has 1 aliphatic heterocycles. The minimum Gasteiger partial charge on any atom is -0.478 e. The topological polar surface area (TPSA) is 64.3 Å². The van der Waals surface area contributed by atoms with E-state index in [1.54, 1.807) is 12.1 Å². The van der Waals surface area contributed by atoms with Crippen molar-refractivity contribution in [1.82, 2.24) is 4.90 Å². The molecule has 0 saturated carbocycles. The molecule has 3 rings (SSSR count). The minimum atomic E-state index is -0.873. The van der Waals surface area contributed by atoms with Crippen LogP contribution in [-0.4, -0.2) is 29.1 Å². The maximum atomic E-state index is 11.1. The smallest absolute Gasteiger partial charge is 0.335 e. The largest absolute Gasteiger partial charge is 0.478 e. The van der Waals surface area contributed by atoms with Crippen LogP contribution in [0.4, 0.5) is 0 Å². The Morgan fingerprint density at radius 2 is 2.00 bits per heavy atom. The molecule has 0 spiro atoms. The number of carboxylic acids is 1. The van der Waals surface area contributed by atoms with Crippen molar-refractivity contribution < 1.29 is 9.90 Å². The maximum Gasteiger partial charge on any atom is 0.335 e. The fourth-order valence-corrected chi connectivity index (χ4v) is 3.39. The highest BCUT2D eigenvalue weighted by Crippen LogP contribution is 2.23. The number of benzene rings is 2. The Labute approximate surface area is 142 Å². The van der Waals surface area contributed by atoms with E-state index in [1.165, 1.54) is 5.56 Å². The van der Waals surface area contributed by atoms with Gasteiger partial charge in [-0.15, -0.1) is 0 Å². The number of rotatable bonds is 5. The third kappa shape index (κ3) is 4.01. The molecule has 1 heterocycles. The van der Waals surface area contributed by atoms with Crippen molar-refractivity contribution in [1.29, 1.82) is 5.26 Å². The van der Waals surface area contributed by atoms with Gasteiger partial charge in [-0.3, -0.25) is 4.90 Å². The maximum absolute atomic E-state index is 11.1. The summed E-state index contributed by atoms with van der Waals surface area (Å²) in [4.78, 5) is 13.5. The fraction of sp³-hybridized carbons (Fsp3) is 0.300. The summed E-state index contributed by atoms with van der Waals surface area (Å²) >= 11 is 0. The molecule has 1 N–H and O–H groups in total. The van der Waals surface area contributed by atoms with Gasteiger partial charge in [0.2, 0.25) is 0 Å². The van der Waals surface area contributed by atoms with Gasteiger partial charge in [0.1, 0.15) is 0 Å². The molecule has 1 fully saturated rings. The molecular formula is C20H20N2O2. The van der Waals surface area contributed by atoms with Crippen LogP contribution in [0, 0.1) is 17.2 Å². The number of carboxylic acid groups (broad SMARTS) is 1. The number of likely N-dealkylation sites (tertiary alicyclic amines) is 1. The van der Waals surface area contributed by atoms with Crippen molar-refractivity contribution in [2.45, 2.75) is 19.4 Å². The predicted octanol–water partition coefficient (Wildman–Crippen LogP) is 3.32. The molecule has 0 bridgehead atoms. The Morgan fingerprint density at radius 1 is 1.21 bits per heavy atom. The molecule has 0 radical (unpaired) electrons. The predicted molar refractivity (Wildman–Crippen MR) is 91.6 cm³/mol. The summed E-state index contributed by atoms with van der Waals surface area (Å²) in [5.74, 6) is -0.324. The molecule has 2 aromatic carbocycles. The van der Waals surface area contributed by atoms with E-state index in [2.05, 4.69) is 17.0 Å². The standard InChI is InChI=1S/C20H20N2O2/c21-12-16-4-1-5-17(10-16)13-22-8-7-18(14-22)9-15-3-2-6-19(11-15)20(23)24/h1-6,10-11,18H,7-9,13-14H2,(H,23,24)/t18-/m1/s1. The molecule has 0 aliphatic carbocycles. The molecule has 1 atom stereocenters. The molecule has 0 unspecified atom stereocenters. The average molecular weight is 320 g/mol. The van der Waals surface area contributed by atoms with Crippen LogP contribution < -0.4 is 0 Å². The molecule has 2 aromatic rings. The zero-order chi connectivity index (χ0) is 16.9. The summed E-state index contributed by atoms with van der Waals surface area (Å²) in [6.45, 7) is 2.91. The summed E-state index contributed by atoms with van der Waals surface area (Å²) in [5.41, 5.74) is 3.32. The SMILES string of the molecule is N#Cc1cccc(CN2CC[C@H](Cc3cccc(C(=O)O)c3)C2)c1. The fourth-order valence-electron chi connectivity index (χ4n) is 3.39. The number of nitrogens with zero attached hydrogens (tertiary/aromatic N) is 2. The summed E-state index contributed by atoms with van der Waals surface area (Å²) in [6, 6.07) is 17.2. The van der Waals surface area contributed by atoms with Crippen LogP contribution in [0.3, 0.4) is 0 Å². The van der Waals surface area contributed by atoms with E-state index in [4.69, 9.17) is 10.4 Å². The van der Waals surface area contributed by atoms with Crippen molar-refractivity contribution >= 4 is 5.97 Å². The number of carbonyl (C=O) groups is 1.